The number of aromatic carboxylic acids is 1. The number of imide groups is 2. The summed E-state index contributed by atoms with van der Waals surface area (Å²) in [7, 11) is 3.29. The van der Waals surface area contributed by atoms with Crippen LogP contribution in [0.4, 0.5) is 22.7 Å². The van der Waals surface area contributed by atoms with E-state index in [2.05, 4.69) is 153 Å². The van der Waals surface area contributed by atoms with Crippen molar-refractivity contribution in [1.29, 1.82) is 10.5 Å². The first-order chi connectivity index (χ1) is 58.6. The van der Waals surface area contributed by atoms with E-state index in [-0.39, 0.29) is 108 Å². The SMILES string of the molecule is C.CC1(C)C(N)C(C)(C)C1Oc1ccc(C#N)c(Cl)c1.Cn1c(-c2ccc(N3CCN(CC4CCN(c5ccc(C(=O)NC6C(C)(C)C(Oc7ccc(C#N)c(Cl)c7)C6(C)C)cc5)CC4)CC3)cc2)nn(C2CCC(=O)NC2=O)c1=O.Cn1c(-c2ccc(N3CCN(CC4CCN(c5ccc(C(=O)O)cc5)CC4)CC3)cc2)nn(C2CCC(=O)NC2=O)c1=O. The summed E-state index contributed by atoms with van der Waals surface area (Å²) in [5, 5.41) is 44.8. The van der Waals surface area contributed by atoms with Crippen molar-refractivity contribution < 1.29 is 43.3 Å². The Hall–Kier alpha value is -11.3. The van der Waals surface area contributed by atoms with Crippen LogP contribution in [-0.4, -0.2) is 195 Å². The van der Waals surface area contributed by atoms with E-state index in [4.69, 9.17) is 48.8 Å². The average Bonchev–Trinajstić information content (AvgIpc) is 0.908. The van der Waals surface area contributed by atoms with E-state index in [1.54, 1.807) is 62.6 Å². The van der Waals surface area contributed by atoms with Gasteiger partial charge in [-0.05, 0) is 172 Å². The van der Waals surface area contributed by atoms with E-state index in [1.165, 1.54) is 18.5 Å². The number of aromatic nitrogens is 6. The van der Waals surface area contributed by atoms with E-state index >= 15 is 0 Å². The summed E-state index contributed by atoms with van der Waals surface area (Å²) in [5.41, 5.74) is 12.5. The molecule has 2 unspecified atom stereocenters. The van der Waals surface area contributed by atoms with Crippen LogP contribution in [0.2, 0.25) is 10.0 Å². The van der Waals surface area contributed by atoms with Crippen LogP contribution in [0.1, 0.15) is 158 Å². The van der Waals surface area contributed by atoms with Crippen LogP contribution in [0.25, 0.3) is 22.8 Å². The van der Waals surface area contributed by atoms with Crippen LogP contribution < -0.4 is 62.1 Å². The zero-order chi connectivity index (χ0) is 87.7. The van der Waals surface area contributed by atoms with E-state index in [1.807, 2.05) is 54.6 Å². The minimum Gasteiger partial charge on any atom is -0.489 e. The summed E-state index contributed by atoms with van der Waals surface area (Å²) in [4.78, 5) is 113. The zero-order valence-electron chi connectivity index (χ0n) is 71.5. The highest BCUT2D eigenvalue weighted by atomic mass is 35.5. The van der Waals surface area contributed by atoms with Crippen LogP contribution in [0.3, 0.4) is 0 Å². The number of carboxylic acid groups (broad SMARTS) is 1. The number of carboxylic acids is 1. The molecule has 2 saturated carbocycles. The van der Waals surface area contributed by atoms with Crippen molar-refractivity contribution in [3.63, 3.8) is 0 Å². The van der Waals surface area contributed by atoms with Gasteiger partial charge in [0.25, 0.3) is 17.7 Å². The summed E-state index contributed by atoms with van der Waals surface area (Å²) in [6.45, 7) is 30.7. The normalized spacial score (nSPS) is 22.5. The molecule has 8 heterocycles. The lowest BCUT2D eigenvalue weighted by atomic mass is 9.49. The summed E-state index contributed by atoms with van der Waals surface area (Å²) < 4.78 is 17.7. The molecule has 6 aromatic carbocycles. The first kappa shape index (κ1) is 90.4. The number of carbonyl (C=O) groups excluding carboxylic acids is 5. The minimum atomic E-state index is -0.896. The number of piperazine rings is 2. The van der Waals surface area contributed by atoms with Gasteiger partial charge in [0.15, 0.2) is 11.6 Å². The first-order valence-corrected chi connectivity index (χ1v) is 43.2. The lowest BCUT2D eigenvalue weighted by Gasteiger charge is -2.63. The third-order valence-corrected chi connectivity index (χ3v) is 27.3. The van der Waals surface area contributed by atoms with E-state index in [9.17, 15) is 43.6 Å². The zero-order valence-corrected chi connectivity index (χ0v) is 73.0. The Morgan fingerprint density at radius 3 is 1.17 bits per heavy atom. The van der Waals surface area contributed by atoms with Gasteiger partial charge >= 0.3 is 17.3 Å². The van der Waals surface area contributed by atoms with Gasteiger partial charge in [0.2, 0.25) is 11.8 Å². The molecule has 0 bridgehead atoms. The Morgan fingerprint density at radius 2 is 0.831 bits per heavy atom. The molecular weight excluding hydrogens is 1620 g/mol. The number of anilines is 4. The lowest BCUT2D eigenvalue weighted by molar-refractivity contribution is -0.164. The van der Waals surface area contributed by atoms with Gasteiger partial charge in [0.1, 0.15) is 47.9 Å². The predicted molar refractivity (Wildman–Crippen MR) is 478 cm³/mol. The topological polar surface area (TPSA) is 350 Å². The predicted octanol–water partition coefficient (Wildman–Crippen LogP) is 11.4. The Bertz CT molecular complexity index is 5430. The van der Waals surface area contributed by atoms with E-state index in [0.717, 1.165) is 151 Å². The van der Waals surface area contributed by atoms with Crippen molar-refractivity contribution in [2.75, 3.05) is 111 Å². The van der Waals surface area contributed by atoms with Crippen molar-refractivity contribution >= 4 is 81.5 Å². The Morgan fingerprint density at radius 1 is 0.492 bits per heavy atom. The molecule has 2 atom stereocenters. The van der Waals surface area contributed by atoms with Gasteiger partial charge in [-0.1, -0.05) is 86.0 Å². The van der Waals surface area contributed by atoms with Crippen molar-refractivity contribution in [3.05, 3.63) is 187 Å². The Labute approximate surface area is 733 Å². The van der Waals surface area contributed by atoms with Crippen molar-refractivity contribution in [3.8, 4) is 46.4 Å². The molecule has 6 N–H and O–H groups in total. The highest BCUT2D eigenvalue weighted by Crippen LogP contribution is 2.57. The fourth-order valence-electron chi connectivity index (χ4n) is 19.8. The number of carbonyl (C=O) groups is 6. The van der Waals surface area contributed by atoms with Crippen molar-refractivity contribution in [2.45, 2.75) is 151 Å². The fraction of sp³-hybridized carbons (Fsp3) is 0.484. The number of hydrogen-bond acceptors (Lipinski definition) is 21. The maximum absolute atomic E-state index is 13.5. The fourth-order valence-corrected chi connectivity index (χ4v) is 20.3. The maximum atomic E-state index is 13.5. The number of amides is 5. The number of benzene rings is 6. The summed E-state index contributed by atoms with van der Waals surface area (Å²) in [6, 6.07) is 44.0. The molecule has 6 aliphatic heterocycles. The van der Waals surface area contributed by atoms with Gasteiger partial charge in [-0.25, -0.2) is 23.7 Å². The molecule has 31 heteroatoms. The number of nitriles is 2. The summed E-state index contributed by atoms with van der Waals surface area (Å²) >= 11 is 12.3. The van der Waals surface area contributed by atoms with Gasteiger partial charge in [0.05, 0.1) is 26.7 Å². The van der Waals surface area contributed by atoms with E-state index in [0.29, 0.717) is 67.3 Å². The summed E-state index contributed by atoms with van der Waals surface area (Å²) in [6.07, 6.45) is 5.23. The molecule has 8 aliphatic rings. The van der Waals surface area contributed by atoms with Gasteiger partial charge in [0, 0.05) is 204 Å². The minimum absolute atomic E-state index is 0. The van der Waals surface area contributed by atoms with E-state index < -0.39 is 29.9 Å². The molecule has 2 aliphatic carbocycles. The molecule has 8 fully saturated rings. The highest BCUT2D eigenvalue weighted by Gasteiger charge is 2.65. The molecule has 656 valence electrons. The van der Waals surface area contributed by atoms with Crippen LogP contribution >= 0.6 is 23.2 Å². The second kappa shape index (κ2) is 37.2. The molecule has 0 radical (unpaired) electrons. The number of nitrogens with two attached hydrogens (primary N) is 1. The van der Waals surface area contributed by atoms with Crippen molar-refractivity contribution in [2.24, 2.45) is 53.3 Å². The average molecular weight is 1730 g/mol. The quantitative estimate of drug-likeness (QED) is 0.0469. The Balaban J connectivity index is 0.000000181. The monoisotopic (exact) mass is 1730 g/mol. The molecule has 6 saturated heterocycles. The van der Waals surface area contributed by atoms with Gasteiger partial charge in [-0.2, -0.15) is 10.5 Å². The molecule has 2 aromatic heterocycles. The molecule has 0 spiro atoms. The first-order valence-electron chi connectivity index (χ1n) is 42.5. The number of ether oxygens (including phenoxy) is 2. The molecule has 5 amide bonds. The largest absolute Gasteiger partial charge is 0.489 e. The Kier molecular flexibility index (Phi) is 27.1. The standard InChI is InChI=1S/C46H54ClN9O5.C31H37N7O5.C15H19ClN2O.CH4/c1-45(2)42(46(3,4)43(45)61-35-15-10-32(27-48)36(47)26-35)50-40(58)31-8-13-33(14-9-31)54-20-18-29(19-21-54)28-53-22-24-55(25-23-53)34-11-6-30(7-12-34)39-51-56(44(60)52(39)5)37-16-17-38(57)49-41(37)59;1-34-28(33-38(31(34)43)26-10-11-27(39)32-29(26)40)22-2-6-25(7-3-22)37-18-16-35(17-19-37)20-21-12-14-36(15-13-21)24-8-4-23(5-9-24)30(41)42;1-14(2)12(18)15(3,4)13(14)19-10-6-5-9(8-17)11(16)7-10;/h6-15,26,29,37,42-43H,16-25,28H2,1-5H3,(H,50,58)(H,49,57,59);2-9,21,26H,10-20H2,1H3,(H,41,42)(H,32,39,40);5-7,12-13H,18H2,1-4H3;1H4. The third kappa shape index (κ3) is 19.0. The van der Waals surface area contributed by atoms with Crippen LogP contribution in [0, 0.1) is 56.2 Å². The highest BCUT2D eigenvalue weighted by molar-refractivity contribution is 6.32. The number of piperidine rings is 4. The van der Waals surface area contributed by atoms with Crippen molar-refractivity contribution in [1.82, 2.24) is 54.4 Å². The van der Waals surface area contributed by atoms with Gasteiger partial charge in [-0.3, -0.25) is 53.5 Å². The van der Waals surface area contributed by atoms with Crippen LogP contribution in [0.15, 0.2) is 143 Å². The third-order valence-electron chi connectivity index (χ3n) is 26.7. The van der Waals surface area contributed by atoms with Crippen LogP contribution in [0.5, 0.6) is 11.5 Å². The number of hydrogen-bond donors (Lipinski definition) is 5. The second-order valence-corrected chi connectivity index (χ2v) is 37.1. The molecule has 29 nitrogen and oxygen atoms in total. The van der Waals surface area contributed by atoms with Gasteiger partial charge in [-0.15, -0.1) is 10.2 Å². The van der Waals surface area contributed by atoms with Gasteiger partial charge < -0.3 is 45.2 Å². The molecule has 8 aromatic rings. The smallest absolute Gasteiger partial charge is 0.346 e. The lowest BCUT2D eigenvalue weighted by Crippen LogP contribution is -2.74. The summed E-state index contributed by atoms with van der Waals surface area (Å²) in [5.74, 6) is 0.895. The number of nitrogens with one attached hydrogen (secondary N) is 3. The number of halogens is 2. The maximum Gasteiger partial charge on any atom is 0.346 e. The number of nitrogens with zero attached hydrogens (tertiary/aromatic N) is 14. The number of rotatable bonds is 19. The molecular formula is C93H114Cl2N18O11. The molecule has 16 rings (SSSR count). The second-order valence-electron chi connectivity index (χ2n) is 36.3. The van der Waals surface area contributed by atoms with Crippen LogP contribution in [-0.2, 0) is 33.3 Å². The molecule has 124 heavy (non-hydrogen) atoms.